The molecule has 4 nitrogen and oxygen atoms in total. The van der Waals surface area contributed by atoms with Gasteiger partial charge in [-0.25, -0.2) is 0 Å². The van der Waals surface area contributed by atoms with E-state index < -0.39 is 0 Å². The highest BCUT2D eigenvalue weighted by atomic mass is 16.2. The quantitative estimate of drug-likeness (QED) is 0.800. The number of rotatable bonds is 4. The molecule has 0 spiro atoms. The molecule has 0 saturated heterocycles. The fourth-order valence-corrected chi connectivity index (χ4v) is 2.90. The molecule has 3 aromatic rings. The number of amides is 1. The number of carbonyl (C=O) groups excluding carboxylic acids is 1. The van der Waals surface area contributed by atoms with Gasteiger partial charge in [-0.3, -0.25) is 9.59 Å². The summed E-state index contributed by atoms with van der Waals surface area (Å²) in [7, 11) is 0. The largest absolute Gasteiger partial charge is 0.335 e. The zero-order valence-corrected chi connectivity index (χ0v) is 13.9. The number of para-hydroxylation sites is 1. The van der Waals surface area contributed by atoms with Crippen molar-refractivity contribution in [1.29, 1.82) is 0 Å². The molecule has 122 valence electrons. The van der Waals surface area contributed by atoms with Crippen molar-refractivity contribution in [1.82, 2.24) is 9.88 Å². The van der Waals surface area contributed by atoms with Gasteiger partial charge in [-0.1, -0.05) is 35.9 Å². The van der Waals surface area contributed by atoms with Crippen LogP contribution in [0.15, 0.2) is 59.4 Å². The van der Waals surface area contributed by atoms with Crippen molar-refractivity contribution in [2.75, 3.05) is 6.54 Å². The van der Waals surface area contributed by atoms with Gasteiger partial charge in [0.05, 0.1) is 0 Å². The SMILES string of the molecule is CCN(Cc1cc(=O)[nH]c2ccccc12)C(=O)c1cccc(C)c1. The van der Waals surface area contributed by atoms with Crippen LogP contribution in [0.5, 0.6) is 0 Å². The maximum atomic E-state index is 12.8. The normalized spacial score (nSPS) is 10.8. The lowest BCUT2D eigenvalue weighted by molar-refractivity contribution is 0.0753. The molecule has 0 aliphatic heterocycles. The zero-order valence-electron chi connectivity index (χ0n) is 13.9. The molecule has 3 rings (SSSR count). The Labute approximate surface area is 140 Å². The molecule has 24 heavy (non-hydrogen) atoms. The molecule has 0 saturated carbocycles. The Morgan fingerprint density at radius 2 is 1.88 bits per heavy atom. The molecule has 1 amide bonds. The summed E-state index contributed by atoms with van der Waals surface area (Å²) in [5.41, 5.74) is 3.23. The average molecular weight is 320 g/mol. The highest BCUT2D eigenvalue weighted by molar-refractivity contribution is 5.94. The van der Waals surface area contributed by atoms with Crippen molar-refractivity contribution >= 4 is 16.8 Å². The van der Waals surface area contributed by atoms with Crippen LogP contribution in [0, 0.1) is 6.92 Å². The number of nitrogens with one attached hydrogen (secondary N) is 1. The Kier molecular flexibility index (Phi) is 4.47. The summed E-state index contributed by atoms with van der Waals surface area (Å²) >= 11 is 0. The van der Waals surface area contributed by atoms with E-state index in [1.54, 1.807) is 11.0 Å². The van der Waals surface area contributed by atoms with Crippen molar-refractivity contribution in [2.24, 2.45) is 0 Å². The second-order valence-corrected chi connectivity index (χ2v) is 5.89. The number of aryl methyl sites for hydroxylation is 1. The molecule has 1 N–H and O–H groups in total. The Morgan fingerprint density at radius 1 is 1.08 bits per heavy atom. The molecule has 0 aliphatic rings. The third-order valence-electron chi connectivity index (χ3n) is 4.13. The molecule has 1 aromatic heterocycles. The van der Waals surface area contributed by atoms with E-state index in [1.807, 2.05) is 62.4 Å². The van der Waals surface area contributed by atoms with Gasteiger partial charge in [-0.2, -0.15) is 0 Å². The number of fused-ring (bicyclic) bond motifs is 1. The highest BCUT2D eigenvalue weighted by Gasteiger charge is 2.16. The average Bonchev–Trinajstić information content (AvgIpc) is 2.58. The van der Waals surface area contributed by atoms with Crippen LogP contribution in [0.25, 0.3) is 10.9 Å². The van der Waals surface area contributed by atoms with E-state index in [4.69, 9.17) is 0 Å². The van der Waals surface area contributed by atoms with E-state index in [9.17, 15) is 9.59 Å². The molecule has 0 bridgehead atoms. The van der Waals surface area contributed by atoms with Crippen LogP contribution in [0.3, 0.4) is 0 Å². The van der Waals surface area contributed by atoms with Gasteiger partial charge in [-0.05, 0) is 37.6 Å². The summed E-state index contributed by atoms with van der Waals surface area (Å²) in [6.45, 7) is 4.90. The summed E-state index contributed by atoms with van der Waals surface area (Å²) in [6, 6.07) is 16.8. The summed E-state index contributed by atoms with van der Waals surface area (Å²) in [4.78, 5) is 29.3. The van der Waals surface area contributed by atoms with E-state index in [-0.39, 0.29) is 11.5 Å². The predicted molar refractivity (Wildman–Crippen MR) is 96.2 cm³/mol. The first-order chi connectivity index (χ1) is 11.6. The van der Waals surface area contributed by atoms with Gasteiger partial charge in [-0.15, -0.1) is 0 Å². The first-order valence-electron chi connectivity index (χ1n) is 8.05. The Balaban J connectivity index is 1.96. The van der Waals surface area contributed by atoms with Crippen LogP contribution < -0.4 is 5.56 Å². The lowest BCUT2D eigenvalue weighted by Gasteiger charge is -2.22. The first kappa shape index (κ1) is 16.0. The Morgan fingerprint density at radius 3 is 2.62 bits per heavy atom. The smallest absolute Gasteiger partial charge is 0.254 e. The number of hydrogen-bond donors (Lipinski definition) is 1. The Bertz CT molecular complexity index is 944. The number of H-pyrrole nitrogens is 1. The third-order valence-corrected chi connectivity index (χ3v) is 4.13. The van der Waals surface area contributed by atoms with E-state index >= 15 is 0 Å². The van der Waals surface area contributed by atoms with Gasteiger partial charge in [0, 0.05) is 35.6 Å². The molecular formula is C20H20N2O2. The molecule has 0 aliphatic carbocycles. The van der Waals surface area contributed by atoms with Crippen LogP contribution in [0.4, 0.5) is 0 Å². The minimum absolute atomic E-state index is 0.0226. The maximum Gasteiger partial charge on any atom is 0.254 e. The fourth-order valence-electron chi connectivity index (χ4n) is 2.90. The third kappa shape index (κ3) is 3.23. The monoisotopic (exact) mass is 320 g/mol. The van der Waals surface area contributed by atoms with E-state index in [0.29, 0.717) is 18.7 Å². The van der Waals surface area contributed by atoms with E-state index in [2.05, 4.69) is 4.98 Å². The topological polar surface area (TPSA) is 53.2 Å². The second-order valence-electron chi connectivity index (χ2n) is 5.89. The number of carbonyl (C=O) groups is 1. The maximum absolute atomic E-state index is 12.8. The van der Waals surface area contributed by atoms with Crippen LogP contribution in [0.1, 0.15) is 28.4 Å². The van der Waals surface area contributed by atoms with Gasteiger partial charge in [0.15, 0.2) is 0 Å². The van der Waals surface area contributed by atoms with Crippen LogP contribution in [-0.4, -0.2) is 22.3 Å². The number of aromatic nitrogens is 1. The summed E-state index contributed by atoms with van der Waals surface area (Å²) in [6.07, 6.45) is 0. The van der Waals surface area contributed by atoms with Crippen LogP contribution in [-0.2, 0) is 6.54 Å². The van der Waals surface area contributed by atoms with Crippen molar-refractivity contribution < 1.29 is 4.79 Å². The van der Waals surface area contributed by atoms with E-state index in [1.165, 1.54) is 0 Å². The van der Waals surface area contributed by atoms with Crippen molar-refractivity contribution in [3.05, 3.63) is 81.6 Å². The number of benzene rings is 2. The van der Waals surface area contributed by atoms with Crippen LogP contribution in [0.2, 0.25) is 0 Å². The lowest BCUT2D eigenvalue weighted by Crippen LogP contribution is -2.30. The van der Waals surface area contributed by atoms with Crippen molar-refractivity contribution in [3.8, 4) is 0 Å². The number of hydrogen-bond acceptors (Lipinski definition) is 2. The van der Waals surface area contributed by atoms with Crippen molar-refractivity contribution in [3.63, 3.8) is 0 Å². The molecule has 4 heteroatoms. The minimum Gasteiger partial charge on any atom is -0.335 e. The summed E-state index contributed by atoms with van der Waals surface area (Å²) in [5.74, 6) is -0.0226. The van der Waals surface area contributed by atoms with Crippen LogP contribution >= 0.6 is 0 Å². The first-order valence-corrected chi connectivity index (χ1v) is 8.05. The molecule has 1 heterocycles. The second kappa shape index (κ2) is 6.71. The summed E-state index contributed by atoms with van der Waals surface area (Å²) < 4.78 is 0. The highest BCUT2D eigenvalue weighted by Crippen LogP contribution is 2.18. The molecule has 0 radical (unpaired) electrons. The Hall–Kier alpha value is -2.88. The molecule has 0 atom stereocenters. The molecule has 2 aromatic carbocycles. The van der Waals surface area contributed by atoms with Gasteiger partial charge < -0.3 is 9.88 Å². The lowest BCUT2D eigenvalue weighted by atomic mass is 10.1. The van der Waals surface area contributed by atoms with Gasteiger partial charge in [0.2, 0.25) is 5.56 Å². The minimum atomic E-state index is -0.150. The zero-order chi connectivity index (χ0) is 17.1. The predicted octanol–water partition coefficient (Wildman–Crippen LogP) is 3.50. The number of aromatic amines is 1. The van der Waals surface area contributed by atoms with Crippen molar-refractivity contribution in [2.45, 2.75) is 20.4 Å². The molecular weight excluding hydrogens is 300 g/mol. The fraction of sp³-hybridized carbons (Fsp3) is 0.200. The molecule has 0 fully saturated rings. The van der Waals surface area contributed by atoms with Gasteiger partial charge in [0.1, 0.15) is 0 Å². The van der Waals surface area contributed by atoms with E-state index in [0.717, 1.165) is 22.0 Å². The number of pyridine rings is 1. The van der Waals surface area contributed by atoms with Gasteiger partial charge >= 0.3 is 0 Å². The van der Waals surface area contributed by atoms with Gasteiger partial charge in [0.25, 0.3) is 5.91 Å². The summed E-state index contributed by atoms with van der Waals surface area (Å²) in [5, 5.41) is 0.965. The molecule has 0 unspecified atom stereocenters. The standard InChI is InChI=1S/C20H20N2O2/c1-3-22(20(24)15-8-6-7-14(2)11-15)13-16-12-19(23)21-18-10-5-4-9-17(16)18/h4-12H,3,13H2,1-2H3,(H,21,23). The number of nitrogens with zero attached hydrogens (tertiary/aromatic N) is 1.